The van der Waals surface area contributed by atoms with E-state index in [1.165, 1.54) is 22.2 Å². The van der Waals surface area contributed by atoms with E-state index in [0.29, 0.717) is 23.1 Å². The third kappa shape index (κ3) is 6.76. The molecule has 1 unspecified atom stereocenters. The summed E-state index contributed by atoms with van der Waals surface area (Å²) >= 11 is 12.5. The monoisotopic (exact) mass is 491 g/mol. The predicted octanol–water partition coefficient (Wildman–Crippen LogP) is 5.21. The topological polar surface area (TPSA) is 49.2 Å². The fraction of sp³-hybridized carbons (Fsp3) is 0.364. The van der Waals surface area contributed by atoms with Crippen LogP contribution in [0.15, 0.2) is 42.5 Å². The van der Waals surface area contributed by atoms with E-state index in [-0.39, 0.29) is 30.9 Å². The number of nitrogens with one attached hydrogen (secondary N) is 2. The SMILES string of the molecule is Cc1c(CNCCNCC(C)O)c2ccccc2n1Cc1ccc(Cl)cc1Cl.Cl.Cl. The molecule has 0 spiro atoms. The molecule has 0 aliphatic heterocycles. The first kappa shape index (κ1) is 27.1. The van der Waals surface area contributed by atoms with Gasteiger partial charge in [-0.05, 0) is 43.2 Å². The van der Waals surface area contributed by atoms with Gasteiger partial charge in [-0.1, -0.05) is 47.5 Å². The van der Waals surface area contributed by atoms with E-state index in [0.717, 1.165) is 25.2 Å². The maximum absolute atomic E-state index is 9.30. The van der Waals surface area contributed by atoms with E-state index in [2.05, 4.69) is 46.4 Å². The van der Waals surface area contributed by atoms with Crippen molar-refractivity contribution in [3.63, 3.8) is 0 Å². The molecule has 0 saturated heterocycles. The molecule has 3 aromatic rings. The lowest BCUT2D eigenvalue weighted by Crippen LogP contribution is -2.31. The first-order chi connectivity index (χ1) is 13.5. The lowest BCUT2D eigenvalue weighted by molar-refractivity contribution is 0.191. The van der Waals surface area contributed by atoms with Gasteiger partial charge in [0.1, 0.15) is 0 Å². The summed E-state index contributed by atoms with van der Waals surface area (Å²) in [6.07, 6.45) is -0.320. The van der Waals surface area contributed by atoms with Crippen molar-refractivity contribution in [2.75, 3.05) is 19.6 Å². The third-order valence-corrected chi connectivity index (χ3v) is 5.51. The summed E-state index contributed by atoms with van der Waals surface area (Å²) in [5, 5.41) is 18.6. The Bertz CT molecular complexity index is 944. The molecule has 0 radical (unpaired) electrons. The molecular weight excluding hydrogens is 464 g/mol. The number of para-hydroxylation sites is 1. The van der Waals surface area contributed by atoms with Crippen molar-refractivity contribution in [1.82, 2.24) is 15.2 Å². The first-order valence-electron chi connectivity index (χ1n) is 9.57. The van der Waals surface area contributed by atoms with Crippen LogP contribution in [0.2, 0.25) is 10.0 Å². The minimum Gasteiger partial charge on any atom is -0.392 e. The smallest absolute Gasteiger partial charge is 0.0636 e. The van der Waals surface area contributed by atoms with Crippen molar-refractivity contribution in [3.8, 4) is 0 Å². The van der Waals surface area contributed by atoms with Crippen LogP contribution >= 0.6 is 48.0 Å². The van der Waals surface area contributed by atoms with Gasteiger partial charge in [-0.15, -0.1) is 24.8 Å². The summed E-state index contributed by atoms with van der Waals surface area (Å²) in [5.74, 6) is 0. The van der Waals surface area contributed by atoms with Crippen LogP contribution in [0.1, 0.15) is 23.7 Å². The number of rotatable bonds is 9. The minimum absolute atomic E-state index is 0. The molecule has 8 heteroatoms. The number of hydrogen-bond acceptors (Lipinski definition) is 3. The highest BCUT2D eigenvalue weighted by molar-refractivity contribution is 6.35. The number of hydrogen-bond donors (Lipinski definition) is 3. The van der Waals surface area contributed by atoms with Crippen molar-refractivity contribution >= 4 is 58.9 Å². The van der Waals surface area contributed by atoms with Crippen molar-refractivity contribution in [3.05, 3.63) is 69.3 Å². The lowest BCUT2D eigenvalue weighted by atomic mass is 10.1. The second kappa shape index (κ2) is 12.8. The van der Waals surface area contributed by atoms with Crippen molar-refractivity contribution in [2.24, 2.45) is 0 Å². The van der Waals surface area contributed by atoms with Gasteiger partial charge < -0.3 is 20.3 Å². The number of halogens is 4. The fourth-order valence-electron chi connectivity index (χ4n) is 3.45. The Morgan fingerprint density at radius 3 is 2.43 bits per heavy atom. The molecule has 0 saturated carbocycles. The summed E-state index contributed by atoms with van der Waals surface area (Å²) in [5.41, 5.74) is 4.79. The van der Waals surface area contributed by atoms with Crippen LogP contribution in [-0.4, -0.2) is 35.4 Å². The van der Waals surface area contributed by atoms with Gasteiger partial charge in [0.25, 0.3) is 0 Å². The average molecular weight is 493 g/mol. The summed E-state index contributed by atoms with van der Waals surface area (Å²) in [4.78, 5) is 0. The van der Waals surface area contributed by atoms with Crippen molar-refractivity contribution in [1.29, 1.82) is 0 Å². The molecule has 30 heavy (non-hydrogen) atoms. The van der Waals surface area contributed by atoms with Crippen LogP contribution < -0.4 is 10.6 Å². The zero-order valence-corrected chi connectivity index (χ0v) is 20.3. The highest BCUT2D eigenvalue weighted by Gasteiger charge is 2.14. The normalized spacial score (nSPS) is 11.8. The van der Waals surface area contributed by atoms with Gasteiger partial charge in [-0.3, -0.25) is 0 Å². The van der Waals surface area contributed by atoms with E-state index in [9.17, 15) is 5.11 Å². The van der Waals surface area contributed by atoms with Crippen LogP contribution in [0, 0.1) is 6.92 Å². The Kier molecular flexibility index (Phi) is 11.5. The molecule has 166 valence electrons. The van der Waals surface area contributed by atoms with Crippen LogP contribution in [0.25, 0.3) is 10.9 Å². The second-order valence-corrected chi connectivity index (χ2v) is 7.98. The largest absolute Gasteiger partial charge is 0.392 e. The molecule has 3 rings (SSSR count). The van der Waals surface area contributed by atoms with Gasteiger partial charge >= 0.3 is 0 Å². The van der Waals surface area contributed by atoms with E-state index in [1.54, 1.807) is 13.0 Å². The Hall–Kier alpha value is -0.980. The lowest BCUT2D eigenvalue weighted by Gasteiger charge is -2.11. The van der Waals surface area contributed by atoms with Crippen LogP contribution in [-0.2, 0) is 13.1 Å². The van der Waals surface area contributed by atoms with Gasteiger partial charge in [0.05, 0.1) is 6.10 Å². The number of aliphatic hydroxyl groups is 1. The summed E-state index contributed by atoms with van der Waals surface area (Å²) in [6.45, 7) is 7.72. The van der Waals surface area contributed by atoms with Crippen molar-refractivity contribution < 1.29 is 5.11 Å². The highest BCUT2D eigenvalue weighted by Crippen LogP contribution is 2.29. The summed E-state index contributed by atoms with van der Waals surface area (Å²) in [7, 11) is 0. The van der Waals surface area contributed by atoms with Crippen LogP contribution in [0.3, 0.4) is 0 Å². The number of aromatic nitrogens is 1. The number of benzene rings is 2. The Labute approximate surface area is 200 Å². The molecule has 0 aliphatic carbocycles. The molecule has 1 atom stereocenters. The molecule has 1 heterocycles. The standard InChI is InChI=1S/C22H27Cl2N3O.2ClH/c1-15(28)12-25-9-10-26-13-20-16(2)27(22-6-4-3-5-19(20)22)14-17-7-8-18(23)11-21(17)24;;/h3-8,11,15,25-26,28H,9-10,12-14H2,1-2H3;2*1H. The molecular formula is C22H29Cl4N3O. The molecule has 0 fully saturated rings. The van der Waals surface area contributed by atoms with E-state index in [4.69, 9.17) is 23.2 Å². The van der Waals surface area contributed by atoms with Gasteiger partial charge in [0.2, 0.25) is 0 Å². The average Bonchev–Trinajstić information content (AvgIpc) is 2.92. The van der Waals surface area contributed by atoms with E-state index < -0.39 is 0 Å². The van der Waals surface area contributed by atoms with Gasteiger partial charge in [0, 0.05) is 59.4 Å². The zero-order chi connectivity index (χ0) is 20.1. The van der Waals surface area contributed by atoms with Crippen molar-refractivity contribution in [2.45, 2.75) is 33.0 Å². The fourth-order valence-corrected chi connectivity index (χ4v) is 3.92. The molecule has 0 bridgehead atoms. The van der Waals surface area contributed by atoms with Gasteiger partial charge in [-0.25, -0.2) is 0 Å². The number of nitrogens with zero attached hydrogens (tertiary/aromatic N) is 1. The maximum Gasteiger partial charge on any atom is 0.0636 e. The molecule has 2 aromatic carbocycles. The molecule has 1 aromatic heterocycles. The third-order valence-electron chi connectivity index (χ3n) is 4.93. The highest BCUT2D eigenvalue weighted by atomic mass is 35.5. The van der Waals surface area contributed by atoms with E-state index >= 15 is 0 Å². The van der Waals surface area contributed by atoms with Crippen LogP contribution in [0.4, 0.5) is 0 Å². The van der Waals surface area contributed by atoms with Gasteiger partial charge in [-0.2, -0.15) is 0 Å². The molecule has 3 N–H and O–H groups in total. The van der Waals surface area contributed by atoms with Crippen LogP contribution in [0.5, 0.6) is 0 Å². The molecule has 0 amide bonds. The Morgan fingerprint density at radius 2 is 1.73 bits per heavy atom. The Morgan fingerprint density at radius 1 is 1.03 bits per heavy atom. The number of aliphatic hydroxyl groups excluding tert-OH is 1. The van der Waals surface area contributed by atoms with E-state index in [1.807, 2.05) is 12.1 Å². The summed E-state index contributed by atoms with van der Waals surface area (Å²) < 4.78 is 2.31. The van der Waals surface area contributed by atoms with Gasteiger partial charge in [0.15, 0.2) is 0 Å². The minimum atomic E-state index is -0.320. The second-order valence-electron chi connectivity index (χ2n) is 7.13. The summed E-state index contributed by atoms with van der Waals surface area (Å²) in [6, 6.07) is 14.1. The maximum atomic E-state index is 9.30. The quantitative estimate of drug-likeness (QED) is 0.359. The number of fused-ring (bicyclic) bond motifs is 1. The molecule has 0 aliphatic rings. The Balaban J connectivity index is 0.00000225. The predicted molar refractivity (Wildman–Crippen MR) is 133 cm³/mol. The first-order valence-corrected chi connectivity index (χ1v) is 10.3. The zero-order valence-electron chi connectivity index (χ0n) is 17.1. The molecule has 4 nitrogen and oxygen atoms in total.